The van der Waals surface area contributed by atoms with Gasteiger partial charge in [-0.3, -0.25) is 0 Å². The van der Waals surface area contributed by atoms with Gasteiger partial charge >= 0.3 is 6.03 Å². The lowest BCUT2D eigenvalue weighted by molar-refractivity contribution is 0.136. The van der Waals surface area contributed by atoms with Gasteiger partial charge in [0.1, 0.15) is 5.82 Å². The molecule has 1 unspecified atom stereocenters. The van der Waals surface area contributed by atoms with Gasteiger partial charge in [-0.1, -0.05) is 49.6 Å². The first-order valence-electron chi connectivity index (χ1n) is 11.4. The number of hydrogen-bond acceptors (Lipinski definition) is 2. The third kappa shape index (κ3) is 4.31. The van der Waals surface area contributed by atoms with Crippen molar-refractivity contribution in [3.63, 3.8) is 0 Å². The summed E-state index contributed by atoms with van der Waals surface area (Å²) < 4.78 is 13.6. The SMILES string of the molecule is CCCCC1C=CC2=C(CCN(C(=O)NC3(C)CC(N)C3)[C@H]2c2ccc(F)cc2)C1. The standard InChI is InChI=1S/C25H34FN3O/c1-3-4-5-17-6-11-22-19(14-17)12-13-29(23(22)18-7-9-20(26)10-8-18)24(30)28-25(2)15-21(27)16-25/h6-11,17,21,23H,3-5,12-16,27H2,1-2H3,(H,28,30)/t17?,21?,23-,25?/m0/s1. The number of hydrogen-bond donors (Lipinski definition) is 2. The molecule has 4 nitrogen and oxygen atoms in total. The summed E-state index contributed by atoms with van der Waals surface area (Å²) in [6.07, 6.45) is 11.8. The predicted molar refractivity (Wildman–Crippen MR) is 118 cm³/mol. The average Bonchev–Trinajstić information content (AvgIpc) is 2.70. The summed E-state index contributed by atoms with van der Waals surface area (Å²) in [5, 5.41) is 3.22. The molecule has 0 radical (unpaired) electrons. The number of nitrogens with one attached hydrogen (secondary N) is 1. The van der Waals surface area contributed by atoms with Gasteiger partial charge in [0.15, 0.2) is 0 Å². The van der Waals surface area contributed by atoms with Gasteiger partial charge in [-0.15, -0.1) is 0 Å². The fourth-order valence-electron chi connectivity index (χ4n) is 5.36. The van der Waals surface area contributed by atoms with E-state index in [0.717, 1.165) is 31.2 Å². The summed E-state index contributed by atoms with van der Waals surface area (Å²) >= 11 is 0. The van der Waals surface area contributed by atoms with Gasteiger partial charge in [0.2, 0.25) is 0 Å². The molecular weight excluding hydrogens is 377 g/mol. The molecule has 2 amide bonds. The van der Waals surface area contributed by atoms with E-state index in [1.807, 2.05) is 17.0 Å². The molecular formula is C25H34FN3O. The molecule has 1 saturated carbocycles. The second-order valence-corrected chi connectivity index (χ2v) is 9.58. The minimum absolute atomic E-state index is 0.0493. The number of carbonyl (C=O) groups excluding carboxylic acids is 1. The molecule has 2 atom stereocenters. The number of amides is 2. The number of allylic oxidation sites excluding steroid dienone is 1. The molecule has 1 fully saturated rings. The molecule has 0 aromatic heterocycles. The van der Waals surface area contributed by atoms with E-state index in [4.69, 9.17) is 5.73 Å². The Bertz CT molecular complexity index is 838. The smallest absolute Gasteiger partial charge is 0.318 e. The molecule has 2 aliphatic carbocycles. The Hall–Kier alpha value is -2.14. The number of urea groups is 1. The number of carbonyl (C=O) groups is 1. The Balaban J connectivity index is 1.60. The van der Waals surface area contributed by atoms with Crippen molar-refractivity contribution in [1.82, 2.24) is 10.2 Å². The summed E-state index contributed by atoms with van der Waals surface area (Å²) in [7, 11) is 0. The number of rotatable bonds is 5. The van der Waals surface area contributed by atoms with Crippen LogP contribution in [0.3, 0.4) is 0 Å². The molecule has 0 spiro atoms. The highest BCUT2D eigenvalue weighted by Crippen LogP contribution is 2.42. The third-order valence-corrected chi connectivity index (χ3v) is 6.93. The van der Waals surface area contributed by atoms with E-state index < -0.39 is 0 Å². The van der Waals surface area contributed by atoms with Crippen LogP contribution in [0.1, 0.15) is 70.4 Å². The minimum Gasteiger partial charge on any atom is -0.333 e. The van der Waals surface area contributed by atoms with Crippen LogP contribution in [0.2, 0.25) is 0 Å². The third-order valence-electron chi connectivity index (χ3n) is 6.93. The fourth-order valence-corrected chi connectivity index (χ4v) is 5.36. The Morgan fingerprint density at radius 1 is 1.30 bits per heavy atom. The highest BCUT2D eigenvalue weighted by atomic mass is 19.1. The Morgan fingerprint density at radius 3 is 2.70 bits per heavy atom. The van der Waals surface area contributed by atoms with Crippen molar-refractivity contribution in [1.29, 1.82) is 0 Å². The van der Waals surface area contributed by atoms with E-state index >= 15 is 0 Å². The average molecular weight is 412 g/mol. The minimum atomic E-state index is -0.255. The van der Waals surface area contributed by atoms with E-state index in [-0.39, 0.29) is 29.5 Å². The largest absolute Gasteiger partial charge is 0.333 e. The maximum absolute atomic E-state index is 13.6. The normalized spacial score (nSPS) is 30.7. The Kier molecular flexibility index (Phi) is 6.01. The number of unbranched alkanes of at least 4 members (excludes halogenated alkanes) is 1. The van der Waals surface area contributed by atoms with E-state index in [1.54, 1.807) is 0 Å². The molecule has 1 heterocycles. The summed E-state index contributed by atoms with van der Waals surface area (Å²) in [6.45, 7) is 4.98. The lowest BCUT2D eigenvalue weighted by Crippen LogP contribution is -2.62. The van der Waals surface area contributed by atoms with E-state index in [1.165, 1.54) is 42.5 Å². The predicted octanol–water partition coefficient (Wildman–Crippen LogP) is 5.22. The first-order chi connectivity index (χ1) is 14.4. The van der Waals surface area contributed by atoms with Crippen LogP contribution in [-0.4, -0.2) is 29.1 Å². The van der Waals surface area contributed by atoms with Gasteiger partial charge in [-0.25, -0.2) is 9.18 Å². The van der Waals surface area contributed by atoms with Crippen molar-refractivity contribution in [2.75, 3.05) is 6.54 Å². The monoisotopic (exact) mass is 411 g/mol. The Morgan fingerprint density at radius 2 is 2.03 bits per heavy atom. The first-order valence-corrected chi connectivity index (χ1v) is 11.4. The van der Waals surface area contributed by atoms with Crippen LogP contribution < -0.4 is 11.1 Å². The molecule has 4 rings (SSSR count). The van der Waals surface area contributed by atoms with Gasteiger partial charge < -0.3 is 16.0 Å². The van der Waals surface area contributed by atoms with Crippen molar-refractivity contribution in [2.45, 2.75) is 76.4 Å². The molecule has 3 N–H and O–H groups in total. The second-order valence-electron chi connectivity index (χ2n) is 9.58. The fraction of sp³-hybridized carbons (Fsp3) is 0.560. The summed E-state index contributed by atoms with van der Waals surface area (Å²) in [4.78, 5) is 15.2. The number of nitrogens with two attached hydrogens (primary N) is 1. The summed E-state index contributed by atoms with van der Waals surface area (Å²) in [6, 6.07) is 6.55. The van der Waals surface area contributed by atoms with Gasteiger partial charge in [-0.05, 0) is 68.2 Å². The molecule has 1 aliphatic heterocycles. The first kappa shape index (κ1) is 21.1. The molecule has 1 aromatic rings. The molecule has 0 saturated heterocycles. The highest BCUT2D eigenvalue weighted by molar-refractivity contribution is 5.77. The van der Waals surface area contributed by atoms with E-state index in [9.17, 15) is 9.18 Å². The van der Waals surface area contributed by atoms with Crippen molar-refractivity contribution in [2.24, 2.45) is 11.7 Å². The lowest BCUT2D eigenvalue weighted by atomic mass is 9.74. The van der Waals surface area contributed by atoms with Crippen molar-refractivity contribution >= 4 is 6.03 Å². The van der Waals surface area contributed by atoms with Crippen molar-refractivity contribution in [3.05, 3.63) is 58.9 Å². The van der Waals surface area contributed by atoms with Crippen LogP contribution in [0.15, 0.2) is 47.6 Å². The van der Waals surface area contributed by atoms with Crippen LogP contribution in [0.4, 0.5) is 9.18 Å². The lowest BCUT2D eigenvalue weighted by Gasteiger charge is -2.47. The number of halogens is 1. The number of nitrogens with zero attached hydrogens (tertiary/aromatic N) is 1. The quantitative estimate of drug-likeness (QED) is 0.697. The van der Waals surface area contributed by atoms with Crippen molar-refractivity contribution in [3.8, 4) is 0 Å². The van der Waals surface area contributed by atoms with Gasteiger partial charge in [-0.2, -0.15) is 0 Å². The molecule has 1 aromatic carbocycles. The van der Waals surface area contributed by atoms with Crippen LogP contribution in [0, 0.1) is 11.7 Å². The highest BCUT2D eigenvalue weighted by Gasteiger charge is 2.42. The van der Waals surface area contributed by atoms with Crippen molar-refractivity contribution < 1.29 is 9.18 Å². The summed E-state index contributed by atoms with van der Waals surface area (Å²) in [5.41, 5.74) is 9.36. The topological polar surface area (TPSA) is 58.4 Å². The maximum Gasteiger partial charge on any atom is 0.318 e. The molecule has 162 valence electrons. The molecule has 5 heteroatoms. The van der Waals surface area contributed by atoms with Gasteiger partial charge in [0, 0.05) is 18.1 Å². The zero-order valence-electron chi connectivity index (χ0n) is 18.2. The zero-order chi connectivity index (χ0) is 21.3. The van der Waals surface area contributed by atoms with Crippen LogP contribution in [-0.2, 0) is 0 Å². The Labute approximate surface area is 179 Å². The van der Waals surface area contributed by atoms with Gasteiger partial charge in [0.05, 0.1) is 6.04 Å². The van der Waals surface area contributed by atoms with Crippen LogP contribution in [0.25, 0.3) is 0 Å². The number of benzene rings is 1. The van der Waals surface area contributed by atoms with E-state index in [2.05, 4.69) is 31.3 Å². The van der Waals surface area contributed by atoms with Crippen LogP contribution >= 0.6 is 0 Å². The molecule has 30 heavy (non-hydrogen) atoms. The second kappa shape index (κ2) is 8.54. The molecule has 0 bridgehead atoms. The summed E-state index contributed by atoms with van der Waals surface area (Å²) in [5.74, 6) is 0.336. The van der Waals surface area contributed by atoms with Gasteiger partial charge in [0.25, 0.3) is 0 Å². The maximum atomic E-state index is 13.6. The molecule has 3 aliphatic rings. The van der Waals surface area contributed by atoms with E-state index in [0.29, 0.717) is 12.5 Å². The van der Waals surface area contributed by atoms with Crippen LogP contribution in [0.5, 0.6) is 0 Å². The zero-order valence-corrected chi connectivity index (χ0v) is 18.2.